The van der Waals surface area contributed by atoms with Crippen molar-refractivity contribution in [3.63, 3.8) is 0 Å². The minimum Gasteiger partial charge on any atom is -0.493 e. The minimum absolute atomic E-state index is 0.0294. The molecule has 4 rings (SSSR count). The molecular weight excluding hydrogens is 326 g/mol. The van der Waals surface area contributed by atoms with Gasteiger partial charge >= 0.3 is 0 Å². The first-order chi connectivity index (χ1) is 10.2. The van der Waals surface area contributed by atoms with Gasteiger partial charge < -0.3 is 10.5 Å². The molecule has 0 saturated heterocycles. The molecule has 0 amide bonds. The monoisotopic (exact) mass is 343 g/mol. The third-order valence-electron chi connectivity index (χ3n) is 4.73. The van der Waals surface area contributed by atoms with Gasteiger partial charge in [-0.25, -0.2) is 0 Å². The average Bonchev–Trinajstić information content (AvgIpc) is 3.11. The summed E-state index contributed by atoms with van der Waals surface area (Å²) in [5.41, 5.74) is 12.0. The highest BCUT2D eigenvalue weighted by molar-refractivity contribution is 9.10. The Bertz CT molecular complexity index is 673. The highest BCUT2D eigenvalue weighted by Crippen LogP contribution is 2.41. The molecule has 0 aromatic heterocycles. The normalized spacial score (nSPS) is 18.2. The number of nitrogens with two attached hydrogens (primary N) is 1. The number of benzene rings is 2. The zero-order valence-corrected chi connectivity index (χ0v) is 13.4. The highest BCUT2D eigenvalue weighted by Gasteiger charge is 2.30. The van der Waals surface area contributed by atoms with E-state index >= 15 is 0 Å². The van der Waals surface area contributed by atoms with Crippen LogP contribution in [0.25, 0.3) is 0 Å². The van der Waals surface area contributed by atoms with Crippen LogP contribution in [0, 0.1) is 5.92 Å². The van der Waals surface area contributed by atoms with Gasteiger partial charge in [-0.05, 0) is 47.6 Å². The van der Waals surface area contributed by atoms with Gasteiger partial charge in [-0.2, -0.15) is 0 Å². The maximum atomic E-state index is 6.62. The molecular formula is C18H18BrNO. The van der Waals surface area contributed by atoms with E-state index in [9.17, 15) is 0 Å². The van der Waals surface area contributed by atoms with Gasteiger partial charge in [0, 0.05) is 22.5 Å². The maximum absolute atomic E-state index is 6.62. The lowest BCUT2D eigenvalue weighted by molar-refractivity contribution is 0.344. The molecule has 2 aromatic rings. The van der Waals surface area contributed by atoms with Crippen LogP contribution in [0.15, 0.2) is 40.9 Å². The van der Waals surface area contributed by atoms with Crippen molar-refractivity contribution in [3.8, 4) is 5.75 Å². The number of rotatable bonds is 2. The van der Waals surface area contributed by atoms with E-state index in [2.05, 4.69) is 52.3 Å². The summed E-state index contributed by atoms with van der Waals surface area (Å²) in [4.78, 5) is 0. The molecule has 1 aliphatic heterocycles. The molecule has 2 aliphatic rings. The number of fused-ring (bicyclic) bond motifs is 2. The van der Waals surface area contributed by atoms with Gasteiger partial charge in [-0.1, -0.05) is 40.2 Å². The molecule has 1 atom stereocenters. The Morgan fingerprint density at radius 2 is 1.81 bits per heavy atom. The lowest BCUT2D eigenvalue weighted by Gasteiger charge is -2.22. The molecule has 3 heteroatoms. The van der Waals surface area contributed by atoms with Crippen LogP contribution in [0.4, 0.5) is 0 Å². The van der Waals surface area contributed by atoms with Gasteiger partial charge in [-0.15, -0.1) is 0 Å². The summed E-state index contributed by atoms with van der Waals surface area (Å²) in [6.45, 7) is 0.774. The number of hydrogen-bond acceptors (Lipinski definition) is 2. The van der Waals surface area contributed by atoms with Crippen LogP contribution in [0.3, 0.4) is 0 Å². The van der Waals surface area contributed by atoms with Gasteiger partial charge in [0.05, 0.1) is 6.61 Å². The minimum atomic E-state index is 0.0294. The van der Waals surface area contributed by atoms with E-state index in [1.165, 1.54) is 16.7 Å². The van der Waals surface area contributed by atoms with E-state index in [4.69, 9.17) is 10.5 Å². The van der Waals surface area contributed by atoms with Crippen LogP contribution in [0.1, 0.15) is 28.3 Å². The summed E-state index contributed by atoms with van der Waals surface area (Å²) in [6, 6.07) is 13.0. The quantitative estimate of drug-likeness (QED) is 0.899. The summed E-state index contributed by atoms with van der Waals surface area (Å²) in [5, 5.41) is 0. The highest BCUT2D eigenvalue weighted by atomic mass is 79.9. The van der Waals surface area contributed by atoms with Crippen molar-refractivity contribution in [3.05, 3.63) is 63.1 Å². The first-order valence-electron chi connectivity index (χ1n) is 7.50. The van der Waals surface area contributed by atoms with Crippen LogP contribution < -0.4 is 10.5 Å². The van der Waals surface area contributed by atoms with Crippen LogP contribution in [0.2, 0.25) is 0 Å². The molecule has 0 saturated carbocycles. The fourth-order valence-electron chi connectivity index (χ4n) is 3.65. The Hall–Kier alpha value is -1.32. The zero-order valence-electron chi connectivity index (χ0n) is 11.8. The van der Waals surface area contributed by atoms with Gasteiger partial charge in [0.15, 0.2) is 0 Å². The topological polar surface area (TPSA) is 35.2 Å². The smallest absolute Gasteiger partial charge is 0.127 e. The van der Waals surface area contributed by atoms with Crippen molar-refractivity contribution in [2.24, 2.45) is 11.7 Å². The summed E-state index contributed by atoms with van der Waals surface area (Å²) < 4.78 is 6.95. The number of hydrogen-bond donors (Lipinski definition) is 1. The first-order valence-corrected chi connectivity index (χ1v) is 8.29. The van der Waals surface area contributed by atoms with E-state index in [-0.39, 0.29) is 6.04 Å². The average molecular weight is 344 g/mol. The molecule has 2 nitrogen and oxygen atoms in total. The largest absolute Gasteiger partial charge is 0.493 e. The van der Waals surface area contributed by atoms with Crippen LogP contribution in [0.5, 0.6) is 5.75 Å². The van der Waals surface area contributed by atoms with Crippen molar-refractivity contribution in [2.75, 3.05) is 6.61 Å². The lowest BCUT2D eigenvalue weighted by atomic mass is 9.90. The van der Waals surface area contributed by atoms with Crippen LogP contribution in [-0.2, 0) is 19.3 Å². The second kappa shape index (κ2) is 5.15. The van der Waals surface area contributed by atoms with Gasteiger partial charge in [-0.3, -0.25) is 0 Å². The van der Waals surface area contributed by atoms with E-state index in [0.717, 1.165) is 41.7 Å². The third kappa shape index (κ3) is 2.29. The molecule has 0 radical (unpaired) electrons. The Morgan fingerprint density at radius 3 is 2.52 bits per heavy atom. The Balaban J connectivity index is 1.67. The first kappa shape index (κ1) is 13.4. The van der Waals surface area contributed by atoms with Crippen LogP contribution in [-0.4, -0.2) is 6.61 Å². The molecule has 1 aliphatic carbocycles. The molecule has 0 spiro atoms. The van der Waals surface area contributed by atoms with Crippen molar-refractivity contribution < 1.29 is 4.74 Å². The fourth-order valence-corrected chi connectivity index (χ4v) is 4.17. The Labute approximate surface area is 133 Å². The number of halogens is 1. The molecule has 108 valence electrons. The second-order valence-corrected chi connectivity index (χ2v) is 6.96. The van der Waals surface area contributed by atoms with E-state index < -0.39 is 0 Å². The van der Waals surface area contributed by atoms with Gasteiger partial charge in [0.1, 0.15) is 5.75 Å². The molecule has 21 heavy (non-hydrogen) atoms. The second-order valence-electron chi connectivity index (χ2n) is 6.04. The Morgan fingerprint density at radius 1 is 1.10 bits per heavy atom. The zero-order chi connectivity index (χ0) is 14.4. The fraction of sp³-hybridized carbons (Fsp3) is 0.333. The predicted molar refractivity (Wildman–Crippen MR) is 87.6 cm³/mol. The van der Waals surface area contributed by atoms with Gasteiger partial charge in [0.2, 0.25) is 0 Å². The van der Waals surface area contributed by atoms with Crippen molar-refractivity contribution >= 4 is 15.9 Å². The van der Waals surface area contributed by atoms with E-state index in [1.807, 2.05) is 0 Å². The lowest BCUT2D eigenvalue weighted by Crippen LogP contribution is -2.22. The maximum Gasteiger partial charge on any atom is 0.127 e. The summed E-state index contributed by atoms with van der Waals surface area (Å²) >= 11 is 3.61. The van der Waals surface area contributed by atoms with Crippen molar-refractivity contribution in [1.82, 2.24) is 0 Å². The van der Waals surface area contributed by atoms with Crippen molar-refractivity contribution in [1.29, 1.82) is 0 Å². The standard InChI is InChI=1S/C18H18BrNO/c19-15-9-13-5-6-21-18(13)16(10-15)17(20)14-7-11-3-1-2-4-12(11)8-14/h1-4,9-10,14,17H,5-8,20H2. The number of ether oxygens (including phenoxy) is 1. The summed E-state index contributed by atoms with van der Waals surface area (Å²) in [7, 11) is 0. The van der Waals surface area contributed by atoms with Crippen LogP contribution >= 0.6 is 15.9 Å². The molecule has 0 bridgehead atoms. The SMILES string of the molecule is NC(c1cc(Br)cc2c1OCC2)C1Cc2ccccc2C1. The molecule has 1 heterocycles. The van der Waals surface area contributed by atoms with E-state index in [1.54, 1.807) is 0 Å². The third-order valence-corrected chi connectivity index (χ3v) is 5.18. The predicted octanol–water partition coefficient (Wildman–Crippen LogP) is 3.80. The molecule has 0 fully saturated rings. The van der Waals surface area contributed by atoms with Gasteiger partial charge in [0.25, 0.3) is 0 Å². The summed E-state index contributed by atoms with van der Waals surface area (Å²) in [6.07, 6.45) is 3.12. The Kier molecular flexibility index (Phi) is 3.27. The summed E-state index contributed by atoms with van der Waals surface area (Å²) in [5.74, 6) is 1.49. The van der Waals surface area contributed by atoms with E-state index in [0.29, 0.717) is 5.92 Å². The van der Waals surface area contributed by atoms with Crippen molar-refractivity contribution in [2.45, 2.75) is 25.3 Å². The molecule has 1 unspecified atom stereocenters. The molecule has 2 N–H and O–H groups in total. The molecule has 2 aromatic carbocycles.